The molecule has 7 nitrogen and oxygen atoms in total. The highest BCUT2D eigenvalue weighted by molar-refractivity contribution is 5.73. The molecule has 0 bridgehead atoms. The minimum absolute atomic E-state index is 0.0782. The van der Waals surface area contributed by atoms with Crippen LogP contribution in [0.3, 0.4) is 0 Å². The van der Waals surface area contributed by atoms with Crippen molar-refractivity contribution in [2.45, 2.75) is 32.2 Å². The second-order valence-corrected chi connectivity index (χ2v) is 6.45. The number of nitrogens with one attached hydrogen (secondary N) is 1. The zero-order chi connectivity index (χ0) is 19.9. The number of furan rings is 1. The quantitative estimate of drug-likeness (QED) is 0.638. The Bertz CT molecular complexity index is 877. The molecule has 0 aliphatic heterocycles. The third-order valence-electron chi connectivity index (χ3n) is 4.41. The van der Waals surface area contributed by atoms with Gasteiger partial charge in [0, 0.05) is 25.9 Å². The van der Waals surface area contributed by atoms with E-state index in [9.17, 15) is 9.18 Å². The summed E-state index contributed by atoms with van der Waals surface area (Å²) in [6.45, 7) is 2.61. The Morgan fingerprint density at radius 2 is 2.07 bits per heavy atom. The van der Waals surface area contributed by atoms with Gasteiger partial charge in [-0.15, -0.1) is 0 Å². The van der Waals surface area contributed by atoms with Crippen LogP contribution in [0.1, 0.15) is 42.3 Å². The Labute approximate surface area is 162 Å². The maximum Gasteiger partial charge on any atom is 0.317 e. The van der Waals surface area contributed by atoms with Crippen molar-refractivity contribution in [1.29, 1.82) is 0 Å². The van der Waals surface area contributed by atoms with Gasteiger partial charge in [0.2, 0.25) is 5.89 Å². The lowest BCUT2D eigenvalue weighted by Crippen LogP contribution is -2.37. The number of amides is 2. The number of aryl methyl sites for hydroxylation is 1. The van der Waals surface area contributed by atoms with Crippen molar-refractivity contribution in [3.05, 3.63) is 71.5 Å². The van der Waals surface area contributed by atoms with Gasteiger partial charge in [0.25, 0.3) is 0 Å². The zero-order valence-electron chi connectivity index (χ0n) is 15.9. The molecule has 0 fully saturated rings. The van der Waals surface area contributed by atoms with Crippen molar-refractivity contribution in [2.75, 3.05) is 13.6 Å². The zero-order valence-corrected chi connectivity index (χ0v) is 15.9. The van der Waals surface area contributed by atoms with Crippen LogP contribution in [0.2, 0.25) is 0 Å². The molecule has 8 heteroatoms. The van der Waals surface area contributed by atoms with E-state index in [4.69, 9.17) is 8.94 Å². The molecule has 1 atom stereocenters. The SMILES string of the molecule is CCc1nc(CN(C)C(=O)NCC[C@H](c2ccc(F)cc2)c2ccco2)no1. The number of hydrogen-bond acceptors (Lipinski definition) is 5. The molecule has 2 amide bonds. The number of aromatic nitrogens is 2. The Balaban J connectivity index is 1.56. The molecule has 0 saturated heterocycles. The second-order valence-electron chi connectivity index (χ2n) is 6.45. The first-order valence-electron chi connectivity index (χ1n) is 9.16. The fourth-order valence-corrected chi connectivity index (χ4v) is 2.90. The van der Waals surface area contributed by atoms with E-state index in [1.54, 1.807) is 25.4 Å². The molecule has 0 unspecified atom stereocenters. The molecule has 0 aliphatic carbocycles. The van der Waals surface area contributed by atoms with Crippen molar-refractivity contribution >= 4 is 6.03 Å². The molecule has 148 valence electrons. The first kappa shape index (κ1) is 19.6. The lowest BCUT2D eigenvalue weighted by molar-refractivity contribution is 0.205. The van der Waals surface area contributed by atoms with E-state index in [-0.39, 0.29) is 24.3 Å². The van der Waals surface area contributed by atoms with Crippen molar-refractivity contribution in [3.63, 3.8) is 0 Å². The predicted molar refractivity (Wildman–Crippen MR) is 100 cm³/mol. The second kappa shape index (κ2) is 9.16. The van der Waals surface area contributed by atoms with Crippen LogP contribution >= 0.6 is 0 Å². The summed E-state index contributed by atoms with van der Waals surface area (Å²) < 4.78 is 23.8. The van der Waals surface area contributed by atoms with E-state index in [1.165, 1.54) is 17.0 Å². The highest BCUT2D eigenvalue weighted by atomic mass is 19.1. The Morgan fingerprint density at radius 1 is 1.29 bits per heavy atom. The highest BCUT2D eigenvalue weighted by Crippen LogP contribution is 2.28. The Hall–Kier alpha value is -3.16. The lowest BCUT2D eigenvalue weighted by Gasteiger charge is -2.19. The topological polar surface area (TPSA) is 84.4 Å². The summed E-state index contributed by atoms with van der Waals surface area (Å²) in [5.41, 5.74) is 0.929. The number of benzene rings is 1. The summed E-state index contributed by atoms with van der Waals surface area (Å²) in [7, 11) is 1.67. The van der Waals surface area contributed by atoms with Gasteiger partial charge in [0.15, 0.2) is 5.82 Å². The van der Waals surface area contributed by atoms with E-state index in [1.807, 2.05) is 19.1 Å². The fourth-order valence-electron chi connectivity index (χ4n) is 2.90. The maximum atomic E-state index is 13.2. The van der Waals surface area contributed by atoms with Crippen LogP contribution in [-0.4, -0.2) is 34.7 Å². The Kier molecular flexibility index (Phi) is 6.41. The first-order valence-corrected chi connectivity index (χ1v) is 9.16. The number of rotatable bonds is 8. The largest absolute Gasteiger partial charge is 0.469 e. The molecule has 3 aromatic rings. The minimum atomic E-state index is -0.287. The third-order valence-corrected chi connectivity index (χ3v) is 4.41. The molecule has 0 saturated carbocycles. The van der Waals surface area contributed by atoms with E-state index < -0.39 is 0 Å². The fraction of sp³-hybridized carbons (Fsp3) is 0.350. The Morgan fingerprint density at radius 3 is 2.71 bits per heavy atom. The van der Waals surface area contributed by atoms with Crippen LogP contribution in [0.5, 0.6) is 0 Å². The van der Waals surface area contributed by atoms with Crippen LogP contribution < -0.4 is 5.32 Å². The number of carbonyl (C=O) groups is 1. The number of carbonyl (C=O) groups excluding carboxylic acids is 1. The van der Waals surface area contributed by atoms with Gasteiger partial charge in [0.1, 0.15) is 11.6 Å². The summed E-state index contributed by atoms with van der Waals surface area (Å²) in [6, 6.07) is 9.77. The molecule has 2 heterocycles. The third kappa shape index (κ3) is 4.97. The standard InChI is InChI=1S/C20H23FN4O3/c1-3-19-23-18(24-28-19)13-25(2)20(26)22-11-10-16(17-5-4-12-27-17)14-6-8-15(21)9-7-14/h4-9,12,16H,3,10-11,13H2,1-2H3,(H,22,26)/t16-/m1/s1. The van der Waals surface area contributed by atoms with Gasteiger partial charge in [-0.25, -0.2) is 9.18 Å². The highest BCUT2D eigenvalue weighted by Gasteiger charge is 2.18. The smallest absolute Gasteiger partial charge is 0.317 e. The predicted octanol–water partition coefficient (Wildman–Crippen LogP) is 3.73. The van der Waals surface area contributed by atoms with Gasteiger partial charge in [-0.1, -0.05) is 24.2 Å². The summed E-state index contributed by atoms with van der Waals surface area (Å²) >= 11 is 0. The van der Waals surface area contributed by atoms with Gasteiger partial charge in [-0.3, -0.25) is 0 Å². The molecule has 1 aromatic carbocycles. The molecule has 0 aliphatic rings. The van der Waals surface area contributed by atoms with Crippen LogP contribution in [-0.2, 0) is 13.0 Å². The molecule has 0 radical (unpaired) electrons. The van der Waals surface area contributed by atoms with Crippen LogP contribution in [0.25, 0.3) is 0 Å². The normalized spacial score (nSPS) is 12.0. The van der Waals surface area contributed by atoms with E-state index in [2.05, 4.69) is 15.5 Å². The molecule has 3 rings (SSSR count). The molecular formula is C20H23FN4O3. The summed E-state index contributed by atoms with van der Waals surface area (Å²) in [6.07, 6.45) is 2.87. The van der Waals surface area contributed by atoms with Crippen molar-refractivity contribution in [1.82, 2.24) is 20.4 Å². The molecule has 1 N–H and O–H groups in total. The maximum absolute atomic E-state index is 13.2. The van der Waals surface area contributed by atoms with Gasteiger partial charge < -0.3 is 19.2 Å². The minimum Gasteiger partial charge on any atom is -0.469 e. The molecule has 28 heavy (non-hydrogen) atoms. The van der Waals surface area contributed by atoms with Gasteiger partial charge in [-0.05, 0) is 36.2 Å². The number of nitrogens with zero attached hydrogens (tertiary/aromatic N) is 3. The summed E-state index contributed by atoms with van der Waals surface area (Å²) in [4.78, 5) is 18.0. The summed E-state index contributed by atoms with van der Waals surface area (Å²) in [5.74, 6) is 1.42. The molecule has 2 aromatic heterocycles. The monoisotopic (exact) mass is 386 g/mol. The van der Waals surface area contributed by atoms with Crippen LogP contribution in [0.4, 0.5) is 9.18 Å². The average Bonchev–Trinajstić information content (AvgIpc) is 3.38. The lowest BCUT2D eigenvalue weighted by atomic mass is 9.93. The number of urea groups is 1. The number of halogens is 1. The molecule has 0 spiro atoms. The van der Waals surface area contributed by atoms with Crippen molar-refractivity contribution in [2.24, 2.45) is 0 Å². The van der Waals surface area contributed by atoms with Gasteiger partial charge in [0.05, 0.1) is 12.8 Å². The van der Waals surface area contributed by atoms with Crippen molar-refractivity contribution in [3.8, 4) is 0 Å². The van der Waals surface area contributed by atoms with Crippen LogP contribution in [0.15, 0.2) is 51.6 Å². The van der Waals surface area contributed by atoms with Crippen molar-refractivity contribution < 1.29 is 18.1 Å². The van der Waals surface area contributed by atoms with E-state index >= 15 is 0 Å². The van der Waals surface area contributed by atoms with Crippen LogP contribution in [0, 0.1) is 5.82 Å². The van der Waals surface area contributed by atoms with Gasteiger partial charge in [-0.2, -0.15) is 4.98 Å². The van der Waals surface area contributed by atoms with E-state index in [0.29, 0.717) is 31.1 Å². The molecular weight excluding hydrogens is 363 g/mol. The first-order chi connectivity index (χ1) is 13.6. The van der Waals surface area contributed by atoms with E-state index in [0.717, 1.165) is 11.3 Å². The van der Waals surface area contributed by atoms with Gasteiger partial charge >= 0.3 is 6.03 Å². The summed E-state index contributed by atoms with van der Waals surface area (Å²) in [5, 5.41) is 6.73. The average molecular weight is 386 g/mol. The number of hydrogen-bond donors (Lipinski definition) is 1.